The second-order valence-electron chi connectivity index (χ2n) is 6.36. The van der Waals surface area contributed by atoms with Crippen LogP contribution in [0.15, 0.2) is 36.7 Å². The fourth-order valence-electron chi connectivity index (χ4n) is 2.63. The molecule has 24 heavy (non-hydrogen) atoms. The van der Waals surface area contributed by atoms with Crippen molar-refractivity contribution in [3.63, 3.8) is 0 Å². The number of amides is 2. The number of aromatic nitrogens is 2. The molecule has 0 bridgehead atoms. The summed E-state index contributed by atoms with van der Waals surface area (Å²) in [7, 11) is 0. The Balaban J connectivity index is 1.72. The van der Waals surface area contributed by atoms with Gasteiger partial charge in [0.25, 0.3) is 0 Å². The molecule has 0 aliphatic heterocycles. The van der Waals surface area contributed by atoms with Crippen molar-refractivity contribution in [3.05, 3.63) is 53.3 Å². The van der Waals surface area contributed by atoms with E-state index in [1.165, 1.54) is 0 Å². The highest BCUT2D eigenvalue weighted by Crippen LogP contribution is 2.16. The molecule has 1 aromatic heterocycles. The van der Waals surface area contributed by atoms with E-state index in [0.29, 0.717) is 6.54 Å². The third-order valence-corrected chi connectivity index (χ3v) is 3.75. The van der Waals surface area contributed by atoms with E-state index in [-0.39, 0.29) is 18.5 Å². The summed E-state index contributed by atoms with van der Waals surface area (Å²) in [4.78, 5) is 11.9. The van der Waals surface area contributed by atoms with Crippen molar-refractivity contribution in [1.29, 1.82) is 0 Å². The predicted molar refractivity (Wildman–Crippen MR) is 93.7 cm³/mol. The number of carbonyl (C=O) groups excluding carboxylic acids is 1. The maximum Gasteiger partial charge on any atom is 0.314 e. The first kappa shape index (κ1) is 18.0. The van der Waals surface area contributed by atoms with Gasteiger partial charge in [-0.25, -0.2) is 4.79 Å². The summed E-state index contributed by atoms with van der Waals surface area (Å²) >= 11 is 0. The standard InChI is InChI=1S/C18H26N4O2/c1-13-7-14(2)9-16(8-13)17(23)11-20-18(24)19-10-15(3)12-22-6-4-5-21-22/h4-9,15,17,23H,10-12H2,1-3H3,(H2,19,20,24)/t15-,17-/m1/s1. The molecule has 2 atom stereocenters. The quantitative estimate of drug-likeness (QED) is 0.728. The van der Waals surface area contributed by atoms with Crippen LogP contribution in [0.4, 0.5) is 4.79 Å². The Morgan fingerprint density at radius 3 is 2.50 bits per heavy atom. The summed E-state index contributed by atoms with van der Waals surface area (Å²) in [6.07, 6.45) is 2.92. The summed E-state index contributed by atoms with van der Waals surface area (Å²) < 4.78 is 1.84. The van der Waals surface area contributed by atoms with Crippen molar-refractivity contribution in [2.45, 2.75) is 33.4 Å². The summed E-state index contributed by atoms with van der Waals surface area (Å²) in [5.41, 5.74) is 3.02. The van der Waals surface area contributed by atoms with Gasteiger partial charge in [-0.1, -0.05) is 36.2 Å². The Morgan fingerprint density at radius 2 is 1.88 bits per heavy atom. The summed E-state index contributed by atoms with van der Waals surface area (Å²) in [6.45, 7) is 7.51. The molecule has 6 heteroatoms. The summed E-state index contributed by atoms with van der Waals surface area (Å²) in [5, 5.41) is 19.9. The van der Waals surface area contributed by atoms with Crippen molar-refractivity contribution in [1.82, 2.24) is 20.4 Å². The van der Waals surface area contributed by atoms with Gasteiger partial charge in [-0.2, -0.15) is 5.10 Å². The maximum atomic E-state index is 11.9. The lowest BCUT2D eigenvalue weighted by molar-refractivity contribution is 0.172. The minimum Gasteiger partial charge on any atom is -0.387 e. The first-order valence-electron chi connectivity index (χ1n) is 8.19. The van der Waals surface area contributed by atoms with E-state index in [1.807, 2.05) is 49.8 Å². The number of urea groups is 1. The molecule has 0 aliphatic carbocycles. The Bertz CT molecular complexity index is 635. The van der Waals surface area contributed by atoms with Gasteiger partial charge in [0.05, 0.1) is 6.10 Å². The topological polar surface area (TPSA) is 79.2 Å². The van der Waals surface area contributed by atoms with Crippen LogP contribution in [0.2, 0.25) is 0 Å². The highest BCUT2D eigenvalue weighted by Gasteiger charge is 2.11. The lowest BCUT2D eigenvalue weighted by atomic mass is 10.0. The molecule has 6 nitrogen and oxygen atoms in total. The lowest BCUT2D eigenvalue weighted by Gasteiger charge is -2.16. The van der Waals surface area contributed by atoms with Crippen LogP contribution in [0.25, 0.3) is 0 Å². The molecule has 0 fully saturated rings. The molecule has 0 aliphatic rings. The first-order chi connectivity index (χ1) is 11.4. The molecule has 0 spiro atoms. The van der Waals surface area contributed by atoms with Gasteiger partial charge in [0.1, 0.15) is 0 Å². The fourth-order valence-corrected chi connectivity index (χ4v) is 2.63. The van der Waals surface area contributed by atoms with Gasteiger partial charge < -0.3 is 15.7 Å². The number of aliphatic hydroxyl groups is 1. The van der Waals surface area contributed by atoms with Gasteiger partial charge in [-0.15, -0.1) is 0 Å². The third-order valence-electron chi connectivity index (χ3n) is 3.75. The van der Waals surface area contributed by atoms with Crippen LogP contribution in [-0.2, 0) is 6.54 Å². The van der Waals surface area contributed by atoms with Gasteiger partial charge in [-0.3, -0.25) is 4.68 Å². The second kappa shape index (κ2) is 8.49. The van der Waals surface area contributed by atoms with Crippen LogP contribution in [0.1, 0.15) is 29.7 Å². The predicted octanol–water partition coefficient (Wildman–Crippen LogP) is 2.17. The van der Waals surface area contributed by atoms with E-state index in [2.05, 4.69) is 21.8 Å². The zero-order chi connectivity index (χ0) is 17.5. The normalized spacial score (nSPS) is 13.3. The van der Waals surface area contributed by atoms with Crippen molar-refractivity contribution in [3.8, 4) is 0 Å². The maximum absolute atomic E-state index is 11.9. The van der Waals surface area contributed by atoms with E-state index in [1.54, 1.807) is 6.20 Å². The number of hydrogen-bond donors (Lipinski definition) is 3. The Kier molecular flexibility index (Phi) is 6.37. The number of rotatable bonds is 7. The number of benzene rings is 1. The van der Waals surface area contributed by atoms with Gasteiger partial charge in [0, 0.05) is 32.0 Å². The van der Waals surface area contributed by atoms with Gasteiger partial charge in [0.15, 0.2) is 0 Å². The van der Waals surface area contributed by atoms with Gasteiger partial charge in [-0.05, 0) is 31.4 Å². The van der Waals surface area contributed by atoms with E-state index in [9.17, 15) is 9.90 Å². The SMILES string of the molecule is Cc1cc(C)cc([C@H](O)CNC(=O)NC[C@@H](C)Cn2cccn2)c1. The van der Waals surface area contributed by atoms with Gasteiger partial charge in [0.2, 0.25) is 0 Å². The lowest BCUT2D eigenvalue weighted by Crippen LogP contribution is -2.40. The van der Waals surface area contributed by atoms with E-state index in [0.717, 1.165) is 23.2 Å². The highest BCUT2D eigenvalue weighted by molar-refractivity contribution is 5.73. The Morgan fingerprint density at radius 1 is 1.21 bits per heavy atom. The molecule has 2 amide bonds. The Labute approximate surface area is 142 Å². The van der Waals surface area contributed by atoms with Gasteiger partial charge >= 0.3 is 6.03 Å². The monoisotopic (exact) mass is 330 g/mol. The highest BCUT2D eigenvalue weighted by atomic mass is 16.3. The minimum absolute atomic E-state index is 0.183. The van der Waals surface area contributed by atoms with Crippen LogP contribution in [0, 0.1) is 19.8 Å². The number of carbonyl (C=O) groups is 1. The fraction of sp³-hybridized carbons (Fsp3) is 0.444. The van der Waals surface area contributed by atoms with E-state index < -0.39 is 6.10 Å². The molecule has 0 radical (unpaired) electrons. The summed E-state index contributed by atoms with van der Waals surface area (Å²) in [6, 6.07) is 7.52. The molecule has 3 N–H and O–H groups in total. The zero-order valence-electron chi connectivity index (χ0n) is 14.5. The molecule has 0 saturated carbocycles. The molecular weight excluding hydrogens is 304 g/mol. The van der Waals surface area contributed by atoms with Crippen molar-refractivity contribution in [2.75, 3.05) is 13.1 Å². The Hall–Kier alpha value is -2.34. The number of nitrogens with zero attached hydrogens (tertiary/aromatic N) is 2. The average molecular weight is 330 g/mol. The van der Waals surface area contributed by atoms with Crippen molar-refractivity contribution < 1.29 is 9.90 Å². The second-order valence-corrected chi connectivity index (χ2v) is 6.36. The smallest absolute Gasteiger partial charge is 0.314 e. The third kappa shape index (κ3) is 5.70. The molecule has 1 aromatic carbocycles. The summed E-state index contributed by atoms with van der Waals surface area (Å²) in [5.74, 6) is 0.264. The number of aliphatic hydroxyl groups excluding tert-OH is 1. The molecule has 130 valence electrons. The molecule has 0 saturated heterocycles. The molecule has 1 heterocycles. The number of aryl methyl sites for hydroxylation is 2. The minimum atomic E-state index is -0.712. The van der Waals surface area contributed by atoms with Crippen LogP contribution < -0.4 is 10.6 Å². The first-order valence-corrected chi connectivity index (χ1v) is 8.19. The number of hydrogen-bond acceptors (Lipinski definition) is 3. The van der Waals surface area contributed by atoms with Crippen LogP contribution in [-0.4, -0.2) is 34.0 Å². The van der Waals surface area contributed by atoms with Crippen LogP contribution in [0.5, 0.6) is 0 Å². The number of nitrogens with one attached hydrogen (secondary N) is 2. The van der Waals surface area contributed by atoms with E-state index in [4.69, 9.17) is 0 Å². The molecule has 0 unspecified atom stereocenters. The van der Waals surface area contributed by atoms with Crippen LogP contribution >= 0.6 is 0 Å². The zero-order valence-corrected chi connectivity index (χ0v) is 14.5. The average Bonchev–Trinajstić information content (AvgIpc) is 3.02. The van der Waals surface area contributed by atoms with E-state index >= 15 is 0 Å². The molecule has 2 rings (SSSR count). The van der Waals surface area contributed by atoms with Crippen molar-refractivity contribution in [2.24, 2.45) is 5.92 Å². The van der Waals surface area contributed by atoms with Crippen molar-refractivity contribution >= 4 is 6.03 Å². The molecular formula is C18H26N4O2. The largest absolute Gasteiger partial charge is 0.387 e. The van der Waals surface area contributed by atoms with Crippen LogP contribution in [0.3, 0.4) is 0 Å². The molecule has 2 aromatic rings.